The third-order valence-electron chi connectivity index (χ3n) is 5.31. The molecular weight excluding hydrogens is 404 g/mol. The Morgan fingerprint density at radius 3 is 2.77 bits per heavy atom. The highest BCUT2D eigenvalue weighted by atomic mass is 32.1. The Bertz CT molecular complexity index is 972. The number of nitrogens with zero attached hydrogens (tertiary/aromatic N) is 3. The SMILES string of the molecule is CCOC(=O)C1CCc2sc(NC(=O)CN3CCN(c4ccc(C)cc4)C3=O)nc21. The predicted molar refractivity (Wildman–Crippen MR) is 114 cm³/mol. The number of anilines is 2. The average molecular weight is 429 g/mol. The lowest BCUT2D eigenvalue weighted by atomic mass is 10.1. The van der Waals surface area contributed by atoms with Crippen molar-refractivity contribution in [2.24, 2.45) is 0 Å². The Balaban J connectivity index is 1.36. The average Bonchev–Trinajstić information content (AvgIpc) is 3.38. The summed E-state index contributed by atoms with van der Waals surface area (Å²) in [5.41, 5.74) is 2.66. The zero-order valence-electron chi connectivity index (χ0n) is 17.0. The number of carbonyl (C=O) groups is 3. The van der Waals surface area contributed by atoms with Gasteiger partial charge in [-0.15, -0.1) is 11.3 Å². The van der Waals surface area contributed by atoms with E-state index in [-0.39, 0.29) is 30.4 Å². The maximum Gasteiger partial charge on any atom is 0.325 e. The molecule has 0 bridgehead atoms. The molecule has 1 aromatic carbocycles. The fourth-order valence-electron chi connectivity index (χ4n) is 3.78. The first-order valence-corrected chi connectivity index (χ1v) is 10.9. The number of rotatable bonds is 6. The summed E-state index contributed by atoms with van der Waals surface area (Å²) in [5.74, 6) is -0.919. The van der Waals surface area contributed by atoms with Crippen LogP contribution < -0.4 is 10.2 Å². The largest absolute Gasteiger partial charge is 0.465 e. The van der Waals surface area contributed by atoms with E-state index in [1.165, 1.54) is 16.2 Å². The maximum atomic E-state index is 12.7. The highest BCUT2D eigenvalue weighted by molar-refractivity contribution is 7.16. The maximum absolute atomic E-state index is 12.7. The number of hydrogen-bond acceptors (Lipinski definition) is 6. The van der Waals surface area contributed by atoms with Gasteiger partial charge in [-0.2, -0.15) is 0 Å². The fourth-order valence-corrected chi connectivity index (χ4v) is 4.83. The molecule has 158 valence electrons. The Labute approximate surface area is 178 Å². The molecule has 0 saturated carbocycles. The van der Waals surface area contributed by atoms with Gasteiger partial charge < -0.3 is 15.0 Å². The van der Waals surface area contributed by atoms with Gasteiger partial charge in [0.05, 0.1) is 12.3 Å². The van der Waals surface area contributed by atoms with Crippen LogP contribution in [0.3, 0.4) is 0 Å². The molecule has 1 unspecified atom stereocenters. The van der Waals surface area contributed by atoms with Crippen molar-refractivity contribution in [2.75, 3.05) is 36.5 Å². The number of thiazole rings is 1. The summed E-state index contributed by atoms with van der Waals surface area (Å²) in [6.07, 6.45) is 1.45. The second-order valence-electron chi connectivity index (χ2n) is 7.41. The van der Waals surface area contributed by atoms with Gasteiger partial charge in [0.15, 0.2) is 5.13 Å². The number of carbonyl (C=O) groups excluding carboxylic acids is 3. The first-order chi connectivity index (χ1) is 14.5. The van der Waals surface area contributed by atoms with Gasteiger partial charge in [0, 0.05) is 23.7 Å². The van der Waals surface area contributed by atoms with Gasteiger partial charge >= 0.3 is 12.0 Å². The van der Waals surface area contributed by atoms with E-state index in [9.17, 15) is 14.4 Å². The molecule has 8 nitrogen and oxygen atoms in total. The number of urea groups is 1. The Hall–Kier alpha value is -2.94. The smallest absolute Gasteiger partial charge is 0.325 e. The number of fused-ring (bicyclic) bond motifs is 1. The minimum atomic E-state index is -0.356. The van der Waals surface area contributed by atoms with E-state index in [1.807, 2.05) is 31.2 Å². The van der Waals surface area contributed by atoms with Gasteiger partial charge in [0.2, 0.25) is 5.91 Å². The third kappa shape index (κ3) is 4.02. The lowest BCUT2D eigenvalue weighted by molar-refractivity contribution is -0.145. The topological polar surface area (TPSA) is 91.8 Å². The molecule has 30 heavy (non-hydrogen) atoms. The van der Waals surface area contributed by atoms with Gasteiger partial charge in [-0.1, -0.05) is 17.7 Å². The van der Waals surface area contributed by atoms with Crippen molar-refractivity contribution in [1.29, 1.82) is 0 Å². The second-order valence-corrected chi connectivity index (χ2v) is 8.49. The van der Waals surface area contributed by atoms with Crippen molar-refractivity contribution < 1.29 is 19.1 Å². The molecule has 1 aromatic heterocycles. The van der Waals surface area contributed by atoms with Crippen molar-refractivity contribution in [3.05, 3.63) is 40.4 Å². The minimum Gasteiger partial charge on any atom is -0.465 e. The molecule has 4 rings (SSSR count). The van der Waals surface area contributed by atoms with Crippen LogP contribution in [0, 0.1) is 6.92 Å². The number of amides is 3. The molecule has 2 heterocycles. The van der Waals surface area contributed by atoms with Gasteiger partial charge in [-0.3, -0.25) is 14.5 Å². The number of nitrogens with one attached hydrogen (secondary N) is 1. The standard InChI is InChI=1S/C21H24N4O4S/c1-3-29-19(27)15-8-9-16-18(15)23-20(30-16)22-17(26)12-24-10-11-25(21(24)28)14-6-4-13(2)5-7-14/h4-7,15H,3,8-12H2,1-2H3,(H,22,23,26). The highest BCUT2D eigenvalue weighted by Crippen LogP contribution is 2.39. The molecule has 2 aliphatic rings. The highest BCUT2D eigenvalue weighted by Gasteiger charge is 2.34. The molecule has 0 radical (unpaired) electrons. The molecule has 1 atom stereocenters. The summed E-state index contributed by atoms with van der Waals surface area (Å²) in [6.45, 7) is 5.10. The summed E-state index contributed by atoms with van der Waals surface area (Å²) in [5, 5.41) is 3.24. The summed E-state index contributed by atoms with van der Waals surface area (Å²) < 4.78 is 5.12. The van der Waals surface area contributed by atoms with Gasteiger partial charge in [-0.25, -0.2) is 9.78 Å². The zero-order chi connectivity index (χ0) is 21.3. The van der Waals surface area contributed by atoms with Crippen LogP contribution in [0.4, 0.5) is 15.6 Å². The van der Waals surface area contributed by atoms with Crippen LogP contribution in [-0.4, -0.2) is 54.0 Å². The number of aromatic nitrogens is 1. The summed E-state index contributed by atoms with van der Waals surface area (Å²) in [7, 11) is 0. The van der Waals surface area contributed by atoms with Crippen molar-refractivity contribution in [3.63, 3.8) is 0 Å². The fraction of sp³-hybridized carbons (Fsp3) is 0.429. The van der Waals surface area contributed by atoms with Crippen LogP contribution in [0.5, 0.6) is 0 Å². The number of ether oxygens (including phenoxy) is 1. The number of benzene rings is 1. The Kier molecular flexibility index (Phi) is 5.72. The molecule has 0 spiro atoms. The molecular formula is C21H24N4O4S. The number of esters is 1. The molecule has 2 aromatic rings. The van der Waals surface area contributed by atoms with E-state index in [0.29, 0.717) is 36.9 Å². The van der Waals surface area contributed by atoms with Gasteiger partial charge in [0.25, 0.3) is 0 Å². The molecule has 9 heteroatoms. The van der Waals surface area contributed by atoms with Crippen LogP contribution >= 0.6 is 11.3 Å². The van der Waals surface area contributed by atoms with E-state index >= 15 is 0 Å². The van der Waals surface area contributed by atoms with Crippen molar-refractivity contribution in [2.45, 2.75) is 32.6 Å². The predicted octanol–water partition coefficient (Wildman–Crippen LogP) is 2.93. The van der Waals surface area contributed by atoms with Crippen LogP contribution in [0.2, 0.25) is 0 Å². The van der Waals surface area contributed by atoms with Crippen LogP contribution in [0.1, 0.15) is 35.4 Å². The third-order valence-corrected chi connectivity index (χ3v) is 6.36. The van der Waals surface area contributed by atoms with Gasteiger partial charge in [-0.05, 0) is 38.8 Å². The number of hydrogen-bond donors (Lipinski definition) is 1. The first-order valence-electron chi connectivity index (χ1n) is 10.1. The zero-order valence-corrected chi connectivity index (χ0v) is 17.8. The lowest BCUT2D eigenvalue weighted by Gasteiger charge is -2.18. The first kappa shape index (κ1) is 20.3. The van der Waals surface area contributed by atoms with Gasteiger partial charge in [0.1, 0.15) is 12.5 Å². The molecule has 1 aliphatic carbocycles. The van der Waals surface area contributed by atoms with Crippen LogP contribution in [-0.2, 0) is 20.7 Å². The van der Waals surface area contributed by atoms with E-state index < -0.39 is 0 Å². The normalized spacial score (nSPS) is 17.9. The summed E-state index contributed by atoms with van der Waals surface area (Å²) >= 11 is 1.38. The van der Waals surface area contributed by atoms with E-state index in [1.54, 1.807) is 11.8 Å². The molecule has 1 aliphatic heterocycles. The van der Waals surface area contributed by atoms with E-state index in [2.05, 4.69) is 10.3 Å². The van der Waals surface area contributed by atoms with Crippen LogP contribution in [0.25, 0.3) is 0 Å². The van der Waals surface area contributed by atoms with Crippen molar-refractivity contribution >= 4 is 40.1 Å². The molecule has 3 amide bonds. The molecule has 1 fully saturated rings. The molecule has 1 N–H and O–H groups in total. The lowest BCUT2D eigenvalue weighted by Crippen LogP contribution is -2.37. The van der Waals surface area contributed by atoms with Crippen molar-refractivity contribution in [1.82, 2.24) is 9.88 Å². The minimum absolute atomic E-state index is 0.0350. The Morgan fingerprint density at radius 1 is 1.27 bits per heavy atom. The quantitative estimate of drug-likeness (QED) is 0.715. The second kappa shape index (κ2) is 8.43. The van der Waals surface area contributed by atoms with E-state index in [4.69, 9.17) is 4.74 Å². The molecule has 1 saturated heterocycles. The van der Waals surface area contributed by atoms with E-state index in [0.717, 1.165) is 22.5 Å². The monoisotopic (exact) mass is 428 g/mol. The van der Waals surface area contributed by atoms with Crippen LogP contribution in [0.15, 0.2) is 24.3 Å². The summed E-state index contributed by atoms with van der Waals surface area (Å²) in [4.78, 5) is 45.9. The summed E-state index contributed by atoms with van der Waals surface area (Å²) in [6, 6.07) is 7.56. The Morgan fingerprint density at radius 2 is 2.03 bits per heavy atom. The number of aryl methyl sites for hydroxylation is 2. The van der Waals surface area contributed by atoms with Crippen molar-refractivity contribution in [3.8, 4) is 0 Å².